The predicted molar refractivity (Wildman–Crippen MR) is 95.1 cm³/mol. The second-order valence-corrected chi connectivity index (χ2v) is 6.04. The molecular formula is C18H15BrN2O2. The molecule has 0 aliphatic carbocycles. The van der Waals surface area contributed by atoms with E-state index in [1.54, 1.807) is 19.2 Å². The Morgan fingerprint density at radius 3 is 2.74 bits per heavy atom. The lowest BCUT2D eigenvalue weighted by atomic mass is 10.1. The molecule has 0 bridgehead atoms. The lowest BCUT2D eigenvalue weighted by Gasteiger charge is -2.12. The number of pyridine rings is 1. The number of hydrogen-bond acceptors (Lipinski definition) is 3. The third-order valence-electron chi connectivity index (χ3n) is 3.50. The zero-order chi connectivity index (χ0) is 16.4. The maximum Gasteiger partial charge on any atom is 0.259 e. The van der Waals surface area contributed by atoms with Gasteiger partial charge in [0.1, 0.15) is 5.75 Å². The van der Waals surface area contributed by atoms with E-state index in [1.165, 1.54) is 0 Å². The second-order valence-electron chi connectivity index (χ2n) is 5.13. The lowest BCUT2D eigenvalue weighted by Crippen LogP contribution is -2.13. The highest BCUT2D eigenvalue weighted by Gasteiger charge is 2.14. The first-order valence-corrected chi connectivity index (χ1v) is 7.89. The number of carbonyl (C=O) groups is 1. The number of halogens is 1. The van der Waals surface area contributed by atoms with Gasteiger partial charge in [-0.3, -0.25) is 9.78 Å². The molecule has 3 aromatic rings. The molecule has 116 valence electrons. The minimum absolute atomic E-state index is 0.214. The van der Waals surface area contributed by atoms with Crippen LogP contribution < -0.4 is 10.1 Å². The van der Waals surface area contributed by atoms with E-state index in [1.807, 2.05) is 43.3 Å². The molecule has 4 nitrogen and oxygen atoms in total. The number of nitrogens with zero attached hydrogens (tertiary/aromatic N) is 1. The van der Waals surface area contributed by atoms with Crippen molar-refractivity contribution in [2.75, 3.05) is 12.4 Å². The van der Waals surface area contributed by atoms with Crippen molar-refractivity contribution in [1.82, 2.24) is 4.98 Å². The fourth-order valence-corrected chi connectivity index (χ4v) is 2.82. The number of aryl methyl sites for hydroxylation is 1. The Morgan fingerprint density at radius 2 is 1.96 bits per heavy atom. The largest absolute Gasteiger partial charge is 0.496 e. The summed E-state index contributed by atoms with van der Waals surface area (Å²) < 4.78 is 6.19. The van der Waals surface area contributed by atoms with Crippen LogP contribution in [0.5, 0.6) is 5.75 Å². The number of aromatic nitrogens is 1. The van der Waals surface area contributed by atoms with Crippen LogP contribution in [0.3, 0.4) is 0 Å². The van der Waals surface area contributed by atoms with E-state index in [0.717, 1.165) is 26.8 Å². The van der Waals surface area contributed by atoms with E-state index >= 15 is 0 Å². The number of methoxy groups -OCH3 is 1. The van der Waals surface area contributed by atoms with Crippen LogP contribution in [0.25, 0.3) is 10.9 Å². The van der Waals surface area contributed by atoms with E-state index in [9.17, 15) is 4.79 Å². The highest BCUT2D eigenvalue weighted by atomic mass is 79.9. The molecule has 0 radical (unpaired) electrons. The van der Waals surface area contributed by atoms with E-state index in [-0.39, 0.29) is 5.91 Å². The van der Waals surface area contributed by atoms with Gasteiger partial charge in [-0.05, 0) is 43.3 Å². The molecule has 1 amide bonds. The first-order valence-electron chi connectivity index (χ1n) is 7.10. The van der Waals surface area contributed by atoms with Crippen molar-refractivity contribution in [2.24, 2.45) is 0 Å². The summed E-state index contributed by atoms with van der Waals surface area (Å²) in [5.74, 6) is 0.329. The van der Waals surface area contributed by atoms with Crippen molar-refractivity contribution >= 4 is 38.4 Å². The van der Waals surface area contributed by atoms with Crippen molar-refractivity contribution in [2.45, 2.75) is 6.92 Å². The summed E-state index contributed by atoms with van der Waals surface area (Å²) in [4.78, 5) is 17.1. The van der Waals surface area contributed by atoms with Crippen molar-refractivity contribution in [3.8, 4) is 5.75 Å². The molecular weight excluding hydrogens is 356 g/mol. The Hall–Kier alpha value is -2.40. The lowest BCUT2D eigenvalue weighted by molar-refractivity contribution is 0.102. The summed E-state index contributed by atoms with van der Waals surface area (Å²) in [7, 11) is 1.55. The summed E-state index contributed by atoms with van der Waals surface area (Å²) in [6, 6.07) is 14.8. The number of rotatable bonds is 3. The van der Waals surface area contributed by atoms with E-state index in [0.29, 0.717) is 11.3 Å². The molecule has 0 aliphatic heterocycles. The molecule has 0 spiro atoms. The maximum atomic E-state index is 12.6. The monoisotopic (exact) mass is 370 g/mol. The molecule has 5 heteroatoms. The van der Waals surface area contributed by atoms with Gasteiger partial charge in [-0.2, -0.15) is 0 Å². The fraction of sp³-hybridized carbons (Fsp3) is 0.111. The van der Waals surface area contributed by atoms with Gasteiger partial charge in [0.05, 0.1) is 23.9 Å². The zero-order valence-corrected chi connectivity index (χ0v) is 14.3. The summed E-state index contributed by atoms with van der Waals surface area (Å²) in [6.07, 6.45) is 0. The number of nitrogens with one attached hydrogen (secondary N) is 1. The number of carbonyl (C=O) groups excluding carboxylic acids is 1. The first kappa shape index (κ1) is 15.5. The van der Waals surface area contributed by atoms with Crippen LogP contribution >= 0.6 is 15.9 Å². The van der Waals surface area contributed by atoms with Crippen LogP contribution in [-0.4, -0.2) is 18.0 Å². The predicted octanol–water partition coefficient (Wildman–Crippen LogP) is 4.57. The number of ether oxygens (including phenoxy) is 1. The smallest absolute Gasteiger partial charge is 0.259 e. The Bertz CT molecular complexity index is 893. The Kier molecular flexibility index (Phi) is 4.30. The molecule has 0 saturated carbocycles. The number of hydrogen-bond donors (Lipinski definition) is 1. The molecule has 23 heavy (non-hydrogen) atoms. The van der Waals surface area contributed by atoms with Gasteiger partial charge < -0.3 is 10.1 Å². The Morgan fingerprint density at radius 1 is 1.17 bits per heavy atom. The van der Waals surface area contributed by atoms with E-state index in [4.69, 9.17) is 4.74 Å². The molecule has 1 aromatic heterocycles. The Labute approximate surface area is 142 Å². The van der Waals surface area contributed by atoms with Crippen LogP contribution in [0.4, 0.5) is 5.69 Å². The minimum Gasteiger partial charge on any atom is -0.496 e. The van der Waals surface area contributed by atoms with Crippen molar-refractivity contribution in [1.29, 1.82) is 0 Å². The van der Waals surface area contributed by atoms with E-state index < -0.39 is 0 Å². The number of benzene rings is 2. The molecule has 0 saturated heterocycles. The number of anilines is 1. The van der Waals surface area contributed by atoms with Gasteiger partial charge in [-0.1, -0.05) is 28.1 Å². The topological polar surface area (TPSA) is 51.2 Å². The number of fused-ring (bicyclic) bond motifs is 1. The fourth-order valence-electron chi connectivity index (χ4n) is 2.46. The highest BCUT2D eigenvalue weighted by Crippen LogP contribution is 2.27. The van der Waals surface area contributed by atoms with Crippen LogP contribution in [0.15, 0.2) is 53.0 Å². The summed E-state index contributed by atoms with van der Waals surface area (Å²) in [5, 5.41) is 3.85. The molecule has 0 aliphatic rings. The van der Waals surface area contributed by atoms with Gasteiger partial charge in [0.25, 0.3) is 5.91 Å². The van der Waals surface area contributed by atoms with Gasteiger partial charge in [0, 0.05) is 15.6 Å². The standard InChI is InChI=1S/C18H15BrN2O2/c1-11-9-16(14-10-12(19)7-8-15(14)20-11)21-18(22)13-5-3-4-6-17(13)23-2/h3-10H,1-2H3,(H,20,21,22). The molecule has 1 heterocycles. The quantitative estimate of drug-likeness (QED) is 0.734. The molecule has 3 rings (SSSR count). The van der Waals surface area contributed by atoms with Crippen LogP contribution in [-0.2, 0) is 0 Å². The van der Waals surface area contributed by atoms with Crippen molar-refractivity contribution < 1.29 is 9.53 Å². The van der Waals surface area contributed by atoms with Crippen LogP contribution in [0.2, 0.25) is 0 Å². The van der Waals surface area contributed by atoms with Gasteiger partial charge >= 0.3 is 0 Å². The average Bonchev–Trinajstić information content (AvgIpc) is 2.55. The van der Waals surface area contributed by atoms with Gasteiger partial charge in [0.2, 0.25) is 0 Å². The van der Waals surface area contributed by atoms with Crippen LogP contribution in [0.1, 0.15) is 16.1 Å². The van der Waals surface area contributed by atoms with E-state index in [2.05, 4.69) is 26.2 Å². The summed E-state index contributed by atoms with van der Waals surface area (Å²) in [5.41, 5.74) is 2.90. The zero-order valence-electron chi connectivity index (χ0n) is 12.8. The molecule has 0 unspecified atom stereocenters. The minimum atomic E-state index is -0.214. The highest BCUT2D eigenvalue weighted by molar-refractivity contribution is 9.10. The second kappa shape index (κ2) is 6.38. The van der Waals surface area contributed by atoms with Crippen molar-refractivity contribution in [3.05, 3.63) is 64.3 Å². The molecule has 0 fully saturated rings. The average molecular weight is 371 g/mol. The molecule has 1 N–H and O–H groups in total. The van der Waals surface area contributed by atoms with Crippen molar-refractivity contribution in [3.63, 3.8) is 0 Å². The normalized spacial score (nSPS) is 10.6. The maximum absolute atomic E-state index is 12.6. The molecule has 2 aromatic carbocycles. The summed E-state index contributed by atoms with van der Waals surface area (Å²) in [6.45, 7) is 1.90. The SMILES string of the molecule is COc1ccccc1C(=O)Nc1cc(C)nc2ccc(Br)cc12. The third kappa shape index (κ3) is 3.19. The number of amides is 1. The van der Waals surface area contributed by atoms with Gasteiger partial charge in [-0.15, -0.1) is 0 Å². The summed E-state index contributed by atoms with van der Waals surface area (Å²) >= 11 is 3.46. The number of para-hydroxylation sites is 1. The molecule has 0 atom stereocenters. The Balaban J connectivity index is 2.04. The van der Waals surface area contributed by atoms with Gasteiger partial charge in [-0.25, -0.2) is 0 Å². The van der Waals surface area contributed by atoms with Gasteiger partial charge in [0.15, 0.2) is 0 Å². The first-order chi connectivity index (χ1) is 11.1. The van der Waals surface area contributed by atoms with Crippen LogP contribution in [0, 0.1) is 6.92 Å². The third-order valence-corrected chi connectivity index (χ3v) is 3.99.